The van der Waals surface area contributed by atoms with Gasteiger partial charge in [0, 0.05) is 0 Å². The second-order valence-corrected chi connectivity index (χ2v) is 6.01. The van der Waals surface area contributed by atoms with Crippen molar-refractivity contribution in [2.75, 3.05) is 0 Å². The monoisotopic (exact) mass is 246 g/mol. The summed E-state index contributed by atoms with van der Waals surface area (Å²) in [4.78, 5) is 0. The summed E-state index contributed by atoms with van der Waals surface area (Å²) in [5.74, 6) is 1.79. The highest BCUT2D eigenvalue weighted by Gasteiger charge is 2.19. The molecule has 1 aliphatic carbocycles. The van der Waals surface area contributed by atoms with Crippen molar-refractivity contribution >= 4 is 0 Å². The second-order valence-electron chi connectivity index (χ2n) is 6.01. The largest absolute Gasteiger partial charge is 0.0656 e. The quantitative estimate of drug-likeness (QED) is 0.569. The van der Waals surface area contributed by atoms with Crippen LogP contribution >= 0.6 is 0 Å². The molecule has 0 saturated heterocycles. The lowest BCUT2D eigenvalue weighted by Gasteiger charge is -2.26. The normalized spacial score (nSPS) is 23.2. The maximum absolute atomic E-state index is 2.40. The minimum absolute atomic E-state index is 0.834. The molecule has 0 aliphatic heterocycles. The lowest BCUT2D eigenvalue weighted by atomic mass is 9.79. The van der Waals surface area contributed by atoms with Gasteiger partial charge in [0.15, 0.2) is 0 Å². The van der Waals surface area contributed by atoms with Gasteiger partial charge in [0.1, 0.15) is 0 Å². The fourth-order valence-corrected chi connectivity index (χ4v) is 2.61. The van der Waals surface area contributed by atoms with Gasteiger partial charge in [-0.25, -0.2) is 0 Å². The smallest absolute Gasteiger partial charge is 0.0162 e. The van der Waals surface area contributed by atoms with Gasteiger partial charge in [-0.2, -0.15) is 0 Å². The van der Waals surface area contributed by atoms with Gasteiger partial charge in [-0.05, 0) is 55.2 Å². The van der Waals surface area contributed by atoms with Crippen LogP contribution in [0.15, 0.2) is 18.2 Å². The highest BCUT2D eigenvalue weighted by molar-refractivity contribution is 5.32. The predicted octanol–water partition coefficient (Wildman–Crippen LogP) is 6.01. The van der Waals surface area contributed by atoms with E-state index in [-0.39, 0.29) is 0 Å². The Labute approximate surface area is 114 Å². The summed E-state index contributed by atoms with van der Waals surface area (Å²) in [6.07, 6.45) is 6.86. The second kappa shape index (κ2) is 7.61. The minimum Gasteiger partial charge on any atom is -0.0656 e. The zero-order valence-corrected chi connectivity index (χ0v) is 12.9. The fraction of sp³-hybridized carbons (Fsp3) is 0.667. The number of aryl methyl sites for hydroxylation is 2. The standard InChI is InChI=1S/C15H22.C3H8/c1-11-4-7-14(8-5-11)15-9-6-12(2)13(3)10-15;1-3-2/h6,9-11,14H,4-5,7-8H2,1-3H3;3H2,1-2H3. The molecule has 0 heterocycles. The van der Waals surface area contributed by atoms with Crippen LogP contribution in [0.25, 0.3) is 0 Å². The SMILES string of the molecule is CCC.Cc1ccc(C2CCC(C)CC2)cc1C. The lowest BCUT2D eigenvalue weighted by molar-refractivity contribution is 0.348. The van der Waals surface area contributed by atoms with Gasteiger partial charge in [0.2, 0.25) is 0 Å². The number of hydrogen-bond acceptors (Lipinski definition) is 0. The molecule has 1 aromatic carbocycles. The Morgan fingerprint density at radius 1 is 0.944 bits per heavy atom. The highest BCUT2D eigenvalue weighted by atomic mass is 14.2. The van der Waals surface area contributed by atoms with Crippen molar-refractivity contribution in [2.45, 2.75) is 72.6 Å². The van der Waals surface area contributed by atoms with E-state index >= 15 is 0 Å². The Kier molecular flexibility index (Phi) is 6.46. The van der Waals surface area contributed by atoms with Crippen molar-refractivity contribution in [3.63, 3.8) is 0 Å². The maximum Gasteiger partial charge on any atom is -0.0162 e. The third-order valence-electron chi connectivity index (χ3n) is 4.02. The van der Waals surface area contributed by atoms with E-state index in [1.165, 1.54) is 43.2 Å². The molecule has 1 aliphatic rings. The van der Waals surface area contributed by atoms with E-state index in [2.05, 4.69) is 52.8 Å². The van der Waals surface area contributed by atoms with Crippen LogP contribution in [0.2, 0.25) is 0 Å². The number of hydrogen-bond donors (Lipinski definition) is 0. The van der Waals surface area contributed by atoms with Gasteiger partial charge in [0.25, 0.3) is 0 Å². The first kappa shape index (κ1) is 15.3. The summed E-state index contributed by atoms with van der Waals surface area (Å²) < 4.78 is 0. The summed E-state index contributed by atoms with van der Waals surface area (Å²) in [6.45, 7) is 11.1. The van der Waals surface area contributed by atoms with Crippen molar-refractivity contribution in [3.05, 3.63) is 34.9 Å². The summed E-state index contributed by atoms with van der Waals surface area (Å²) in [6, 6.07) is 7.02. The molecule has 0 N–H and O–H groups in total. The fourth-order valence-electron chi connectivity index (χ4n) is 2.61. The summed E-state index contributed by atoms with van der Waals surface area (Å²) in [5.41, 5.74) is 4.44. The van der Waals surface area contributed by atoms with Gasteiger partial charge in [0.05, 0.1) is 0 Å². The van der Waals surface area contributed by atoms with Crippen LogP contribution in [0.3, 0.4) is 0 Å². The molecule has 0 heteroatoms. The van der Waals surface area contributed by atoms with Gasteiger partial charge in [-0.15, -0.1) is 0 Å². The molecule has 1 aromatic rings. The van der Waals surface area contributed by atoms with E-state index in [1.807, 2.05) is 0 Å². The van der Waals surface area contributed by atoms with Crippen LogP contribution in [0, 0.1) is 19.8 Å². The van der Waals surface area contributed by atoms with Gasteiger partial charge in [-0.1, -0.05) is 58.2 Å². The van der Waals surface area contributed by atoms with Crippen molar-refractivity contribution in [1.82, 2.24) is 0 Å². The first-order valence-electron chi connectivity index (χ1n) is 7.65. The van der Waals surface area contributed by atoms with E-state index in [0.717, 1.165) is 11.8 Å². The van der Waals surface area contributed by atoms with Crippen LogP contribution in [0.4, 0.5) is 0 Å². The third-order valence-corrected chi connectivity index (χ3v) is 4.02. The van der Waals surface area contributed by atoms with Crippen LogP contribution in [-0.2, 0) is 0 Å². The van der Waals surface area contributed by atoms with Crippen LogP contribution < -0.4 is 0 Å². The molecule has 1 saturated carbocycles. The molecule has 102 valence electrons. The summed E-state index contributed by atoms with van der Waals surface area (Å²) in [5, 5.41) is 0. The maximum atomic E-state index is 2.40. The van der Waals surface area contributed by atoms with Crippen LogP contribution in [0.5, 0.6) is 0 Å². The Morgan fingerprint density at radius 3 is 2.00 bits per heavy atom. The average molecular weight is 246 g/mol. The number of benzene rings is 1. The van der Waals surface area contributed by atoms with Crippen molar-refractivity contribution in [1.29, 1.82) is 0 Å². The topological polar surface area (TPSA) is 0 Å². The first-order valence-corrected chi connectivity index (χ1v) is 7.65. The molecule has 0 atom stereocenters. The molecule has 1 fully saturated rings. The Morgan fingerprint density at radius 2 is 1.50 bits per heavy atom. The van der Waals surface area contributed by atoms with E-state index in [0.29, 0.717) is 0 Å². The lowest BCUT2D eigenvalue weighted by Crippen LogP contribution is -2.10. The van der Waals surface area contributed by atoms with Crippen LogP contribution in [-0.4, -0.2) is 0 Å². The molecule has 18 heavy (non-hydrogen) atoms. The van der Waals surface area contributed by atoms with Crippen molar-refractivity contribution in [3.8, 4) is 0 Å². The zero-order valence-electron chi connectivity index (χ0n) is 12.9. The van der Waals surface area contributed by atoms with E-state index in [4.69, 9.17) is 0 Å². The summed E-state index contributed by atoms with van der Waals surface area (Å²) >= 11 is 0. The molecule has 0 amide bonds. The molecule has 0 aromatic heterocycles. The Balaban J connectivity index is 0.000000492. The molecule has 0 nitrogen and oxygen atoms in total. The van der Waals surface area contributed by atoms with Gasteiger partial charge >= 0.3 is 0 Å². The Bertz CT molecular complexity index is 343. The van der Waals surface area contributed by atoms with Crippen LogP contribution in [0.1, 0.15) is 75.5 Å². The number of rotatable bonds is 1. The Hall–Kier alpha value is -0.780. The van der Waals surface area contributed by atoms with Crippen molar-refractivity contribution in [2.24, 2.45) is 5.92 Å². The predicted molar refractivity (Wildman–Crippen MR) is 82.3 cm³/mol. The molecule has 0 unspecified atom stereocenters. The summed E-state index contributed by atoms with van der Waals surface area (Å²) in [7, 11) is 0. The molecule has 0 radical (unpaired) electrons. The molecule has 2 rings (SSSR count). The van der Waals surface area contributed by atoms with E-state index in [9.17, 15) is 0 Å². The molecule has 0 spiro atoms. The van der Waals surface area contributed by atoms with Gasteiger partial charge < -0.3 is 0 Å². The third kappa shape index (κ3) is 4.48. The van der Waals surface area contributed by atoms with E-state index in [1.54, 1.807) is 5.56 Å². The highest BCUT2D eigenvalue weighted by Crippen LogP contribution is 2.35. The van der Waals surface area contributed by atoms with Crippen molar-refractivity contribution < 1.29 is 0 Å². The molecular formula is C18H30. The zero-order chi connectivity index (χ0) is 13.5. The van der Waals surface area contributed by atoms with E-state index < -0.39 is 0 Å². The minimum atomic E-state index is 0.834. The first-order chi connectivity index (χ1) is 8.58. The molecule has 0 bridgehead atoms. The average Bonchev–Trinajstić information content (AvgIpc) is 2.35. The van der Waals surface area contributed by atoms with Gasteiger partial charge in [-0.3, -0.25) is 0 Å². The molecular weight excluding hydrogens is 216 g/mol.